The van der Waals surface area contributed by atoms with Crippen molar-refractivity contribution >= 4 is 23.7 Å². The molecular weight excluding hydrogens is 287 g/mol. The number of carbonyl (C=O) groups excluding carboxylic acids is 1. The highest BCUT2D eigenvalue weighted by atomic mass is 32.2. The summed E-state index contributed by atoms with van der Waals surface area (Å²) in [5, 5.41) is 0. The molecule has 0 fully saturated rings. The smallest absolute Gasteiger partial charge is 0.372 e. The van der Waals surface area contributed by atoms with E-state index in [1.807, 2.05) is 0 Å². The fraction of sp³-hybridized carbons (Fsp3) is 0.875. The van der Waals surface area contributed by atoms with E-state index in [1.165, 1.54) is 13.8 Å². The molecule has 0 aromatic carbocycles. The summed E-state index contributed by atoms with van der Waals surface area (Å²) in [4.78, 5) is 11.4. The van der Waals surface area contributed by atoms with Crippen molar-refractivity contribution in [2.45, 2.75) is 19.7 Å². The van der Waals surface area contributed by atoms with Gasteiger partial charge >= 0.3 is 13.6 Å². The van der Waals surface area contributed by atoms with Crippen molar-refractivity contribution in [2.24, 2.45) is 0 Å². The molecule has 0 aliphatic carbocycles. The van der Waals surface area contributed by atoms with Crippen molar-refractivity contribution in [3.05, 3.63) is 0 Å². The fourth-order valence-corrected chi connectivity index (χ4v) is 3.75. The maximum absolute atomic E-state index is 12.3. The third-order valence-corrected chi connectivity index (χ3v) is 4.39. The summed E-state index contributed by atoms with van der Waals surface area (Å²) in [5.41, 5.74) is 0. The third kappa shape index (κ3) is 5.45. The quantitative estimate of drug-likeness (QED) is 0.367. The monoisotopic (exact) mass is 304 g/mol. The zero-order valence-electron chi connectivity index (χ0n) is 10.6. The highest BCUT2D eigenvalue weighted by Gasteiger charge is 2.45. The van der Waals surface area contributed by atoms with Gasteiger partial charge in [-0.15, -0.1) is 0 Å². The van der Waals surface area contributed by atoms with Gasteiger partial charge in [0.1, 0.15) is 0 Å². The van der Waals surface area contributed by atoms with E-state index in [0.29, 0.717) is 6.26 Å². The topological polar surface area (TPSA) is 105 Å². The van der Waals surface area contributed by atoms with Crippen LogP contribution in [0.2, 0.25) is 0 Å². The molecule has 0 aliphatic rings. The van der Waals surface area contributed by atoms with E-state index in [2.05, 4.69) is 8.92 Å². The molecule has 10 heteroatoms. The lowest BCUT2D eigenvalue weighted by Gasteiger charge is -2.23. The maximum Gasteiger partial charge on any atom is 0.372 e. The average molecular weight is 304 g/mol. The summed E-state index contributed by atoms with van der Waals surface area (Å²) in [6.45, 7) is 2.94. The van der Waals surface area contributed by atoms with Crippen molar-refractivity contribution in [1.29, 1.82) is 0 Å². The zero-order chi connectivity index (χ0) is 14.4. The van der Waals surface area contributed by atoms with Crippen LogP contribution in [0.4, 0.5) is 0 Å². The van der Waals surface area contributed by atoms with Gasteiger partial charge in [-0.2, -0.15) is 8.42 Å². The molecule has 0 aliphatic heterocycles. The lowest BCUT2D eigenvalue weighted by atomic mass is 10.7. The van der Waals surface area contributed by atoms with Crippen molar-refractivity contribution in [3.8, 4) is 0 Å². The van der Waals surface area contributed by atoms with E-state index in [9.17, 15) is 17.8 Å². The van der Waals surface area contributed by atoms with Crippen LogP contribution in [-0.2, 0) is 37.4 Å². The SMILES string of the molecule is CCOP(=O)(OCC)C(OS(C)(=O)=O)C(=O)OC. The van der Waals surface area contributed by atoms with Gasteiger partial charge in [0.15, 0.2) is 0 Å². The first-order chi connectivity index (χ1) is 8.20. The summed E-state index contributed by atoms with van der Waals surface area (Å²) in [7, 11) is -7.10. The van der Waals surface area contributed by atoms with Gasteiger partial charge in [0.05, 0.1) is 26.6 Å². The number of esters is 1. The lowest BCUT2D eigenvalue weighted by molar-refractivity contribution is -0.145. The Morgan fingerprint density at radius 3 is 1.94 bits per heavy atom. The molecule has 0 aromatic heterocycles. The highest BCUT2D eigenvalue weighted by molar-refractivity contribution is 7.86. The van der Waals surface area contributed by atoms with E-state index in [-0.39, 0.29) is 13.2 Å². The Bertz CT molecular complexity index is 407. The van der Waals surface area contributed by atoms with Crippen molar-refractivity contribution in [3.63, 3.8) is 0 Å². The predicted molar refractivity (Wildman–Crippen MR) is 62.6 cm³/mol. The van der Waals surface area contributed by atoms with E-state index in [1.54, 1.807) is 0 Å². The van der Waals surface area contributed by atoms with Crippen molar-refractivity contribution in [1.82, 2.24) is 0 Å². The normalized spacial score (nSPS) is 14.2. The Hall–Kier alpha value is -0.470. The summed E-state index contributed by atoms with van der Waals surface area (Å²) < 4.78 is 52.8. The number of carbonyl (C=O) groups is 1. The van der Waals surface area contributed by atoms with Crippen LogP contribution >= 0.6 is 7.60 Å². The van der Waals surface area contributed by atoms with Crippen LogP contribution in [-0.4, -0.2) is 46.8 Å². The molecule has 108 valence electrons. The molecule has 0 rings (SSSR count). The summed E-state index contributed by atoms with van der Waals surface area (Å²) in [6.07, 6.45) is 0.713. The third-order valence-electron chi connectivity index (χ3n) is 1.57. The summed E-state index contributed by atoms with van der Waals surface area (Å²) in [6, 6.07) is 0. The van der Waals surface area contributed by atoms with Gasteiger partial charge in [0.2, 0.25) is 0 Å². The number of methoxy groups -OCH3 is 1. The second kappa shape index (κ2) is 7.20. The molecule has 1 atom stereocenters. The molecule has 18 heavy (non-hydrogen) atoms. The van der Waals surface area contributed by atoms with Crippen LogP contribution in [0.1, 0.15) is 13.8 Å². The van der Waals surface area contributed by atoms with Crippen LogP contribution in [0.15, 0.2) is 0 Å². The number of ether oxygens (including phenoxy) is 1. The Morgan fingerprint density at radius 1 is 1.22 bits per heavy atom. The molecule has 0 saturated heterocycles. The van der Waals surface area contributed by atoms with Crippen molar-refractivity contribution < 1.29 is 35.7 Å². The predicted octanol–water partition coefficient (Wildman–Crippen LogP) is 0.728. The van der Waals surface area contributed by atoms with E-state index in [4.69, 9.17) is 9.05 Å². The Labute approximate surface area is 106 Å². The van der Waals surface area contributed by atoms with Gasteiger partial charge in [-0.05, 0) is 13.8 Å². The first kappa shape index (κ1) is 17.5. The van der Waals surface area contributed by atoms with Crippen LogP contribution in [0.5, 0.6) is 0 Å². The van der Waals surface area contributed by atoms with Crippen LogP contribution in [0.3, 0.4) is 0 Å². The van der Waals surface area contributed by atoms with Crippen molar-refractivity contribution in [2.75, 3.05) is 26.6 Å². The molecular formula is C8H17O8PS. The Morgan fingerprint density at radius 2 is 1.67 bits per heavy atom. The number of hydrogen-bond donors (Lipinski definition) is 0. The number of rotatable bonds is 8. The minimum atomic E-state index is -4.07. The molecule has 8 nitrogen and oxygen atoms in total. The van der Waals surface area contributed by atoms with E-state index >= 15 is 0 Å². The second-order valence-electron chi connectivity index (χ2n) is 3.05. The largest absolute Gasteiger partial charge is 0.467 e. The lowest BCUT2D eigenvalue weighted by Crippen LogP contribution is -2.30. The van der Waals surface area contributed by atoms with Crippen LogP contribution in [0.25, 0.3) is 0 Å². The number of hydrogen-bond acceptors (Lipinski definition) is 8. The molecule has 0 heterocycles. The average Bonchev–Trinajstić information content (AvgIpc) is 2.24. The molecule has 0 amide bonds. The Kier molecular flexibility index (Phi) is 7.01. The standard InChI is InChI=1S/C8H17O8PS/c1-5-14-17(10,15-6-2)8(7(9)13-3)16-18(4,11)12/h8H,5-6H2,1-4H3. The second-order valence-corrected chi connectivity index (χ2v) is 6.72. The van der Waals surface area contributed by atoms with Gasteiger partial charge in [0.25, 0.3) is 16.0 Å². The van der Waals surface area contributed by atoms with Gasteiger partial charge in [-0.25, -0.2) is 8.98 Å². The molecule has 0 radical (unpaired) electrons. The first-order valence-corrected chi connectivity index (χ1v) is 8.47. The molecule has 0 spiro atoms. The zero-order valence-corrected chi connectivity index (χ0v) is 12.3. The summed E-state index contributed by atoms with van der Waals surface area (Å²) >= 11 is 0. The molecule has 0 N–H and O–H groups in total. The van der Waals surface area contributed by atoms with Crippen LogP contribution in [0, 0.1) is 0 Å². The summed E-state index contributed by atoms with van der Waals surface area (Å²) in [5.74, 6) is -3.11. The molecule has 0 aromatic rings. The molecule has 1 unspecified atom stereocenters. The van der Waals surface area contributed by atoms with E-state index in [0.717, 1.165) is 7.11 Å². The van der Waals surface area contributed by atoms with Crippen LogP contribution < -0.4 is 0 Å². The minimum absolute atomic E-state index is 0.0438. The van der Waals surface area contributed by atoms with Gasteiger partial charge in [-0.3, -0.25) is 4.57 Å². The minimum Gasteiger partial charge on any atom is -0.467 e. The highest BCUT2D eigenvalue weighted by Crippen LogP contribution is 2.54. The molecule has 0 saturated carbocycles. The van der Waals surface area contributed by atoms with Gasteiger partial charge in [-0.1, -0.05) is 0 Å². The van der Waals surface area contributed by atoms with E-state index < -0.39 is 29.5 Å². The Balaban J connectivity index is 5.37. The maximum atomic E-state index is 12.3. The van der Waals surface area contributed by atoms with Gasteiger partial charge in [0, 0.05) is 0 Å². The molecule has 0 bridgehead atoms. The van der Waals surface area contributed by atoms with Gasteiger partial charge < -0.3 is 13.8 Å². The first-order valence-electron chi connectivity index (χ1n) is 5.05. The fourth-order valence-electron chi connectivity index (χ4n) is 1.02.